The minimum Gasteiger partial charge on any atom is -0.337 e. The quantitative estimate of drug-likeness (QED) is 0.855. The Labute approximate surface area is 122 Å². The smallest absolute Gasteiger partial charge is 0.284 e. The average molecular weight is 303 g/mol. The van der Waals surface area contributed by atoms with E-state index in [0.717, 1.165) is 43.8 Å². The Morgan fingerprint density at radius 2 is 2.16 bits per heavy atom. The molecule has 7 heteroatoms. The summed E-state index contributed by atoms with van der Waals surface area (Å²) in [5.41, 5.74) is 0. The van der Waals surface area contributed by atoms with E-state index in [1.807, 2.05) is 7.05 Å². The molecule has 0 spiro atoms. The van der Waals surface area contributed by atoms with Crippen LogP contribution in [0.1, 0.15) is 36.0 Å². The molecule has 2 heterocycles. The Morgan fingerprint density at radius 1 is 1.47 bits per heavy atom. The summed E-state index contributed by atoms with van der Waals surface area (Å²) in [6.07, 6.45) is 3.23. The molecule has 5 nitrogen and oxygen atoms in total. The molecule has 0 aliphatic carbocycles. The molecule has 1 amide bonds. The maximum absolute atomic E-state index is 12.2. The van der Waals surface area contributed by atoms with Crippen LogP contribution in [0.2, 0.25) is 4.47 Å². The second kappa shape index (κ2) is 6.63. The van der Waals surface area contributed by atoms with Gasteiger partial charge in [-0.25, -0.2) is 0 Å². The first kappa shape index (κ1) is 14.7. The van der Waals surface area contributed by atoms with E-state index in [1.165, 1.54) is 6.42 Å². The van der Waals surface area contributed by atoms with Crippen LogP contribution in [0.5, 0.6) is 0 Å². The number of likely N-dealkylation sites (tertiary alicyclic amines) is 1. The summed E-state index contributed by atoms with van der Waals surface area (Å²) < 4.78 is 0.314. The monoisotopic (exact) mass is 302 g/mol. The predicted octanol–water partition coefficient (Wildman–Crippen LogP) is 2.14. The normalized spacial score (nSPS) is 17.6. The molecule has 0 atom stereocenters. The van der Waals surface area contributed by atoms with Crippen molar-refractivity contribution >= 4 is 28.8 Å². The van der Waals surface area contributed by atoms with Crippen LogP contribution >= 0.6 is 22.9 Å². The molecule has 1 aromatic heterocycles. The van der Waals surface area contributed by atoms with Crippen molar-refractivity contribution in [3.63, 3.8) is 0 Å². The first-order valence-electron chi connectivity index (χ1n) is 6.60. The maximum atomic E-state index is 12.2. The molecule has 0 N–H and O–H groups in total. The van der Waals surface area contributed by atoms with E-state index in [4.69, 9.17) is 11.6 Å². The molecule has 1 aromatic rings. The van der Waals surface area contributed by atoms with Gasteiger partial charge in [0.25, 0.3) is 5.91 Å². The molecule has 0 unspecified atom stereocenters. The zero-order chi connectivity index (χ0) is 13.8. The predicted molar refractivity (Wildman–Crippen MR) is 76.8 cm³/mol. The standard InChI is InChI=1S/C12H19ClN4OS/c1-3-6-17-7-4-9(5-8-17)16(2)11(18)10-14-15-12(13)19-10/h9H,3-8H2,1-2H3. The number of nitrogens with zero attached hydrogens (tertiary/aromatic N) is 4. The summed E-state index contributed by atoms with van der Waals surface area (Å²) in [6.45, 7) is 5.47. The first-order chi connectivity index (χ1) is 9.11. The Bertz CT molecular complexity index is 431. The second-order valence-corrected chi connectivity index (χ2v) is 6.41. The summed E-state index contributed by atoms with van der Waals surface area (Å²) in [6, 6.07) is 0.295. The summed E-state index contributed by atoms with van der Waals surface area (Å²) in [7, 11) is 1.85. The van der Waals surface area contributed by atoms with Gasteiger partial charge in [-0.05, 0) is 37.4 Å². The lowest BCUT2D eigenvalue weighted by molar-refractivity contribution is 0.0641. The molecule has 1 fully saturated rings. The highest BCUT2D eigenvalue weighted by molar-refractivity contribution is 7.17. The highest BCUT2D eigenvalue weighted by Crippen LogP contribution is 2.20. The SMILES string of the molecule is CCCN1CCC(N(C)C(=O)c2nnc(Cl)s2)CC1. The van der Waals surface area contributed by atoms with Crippen LogP contribution in [-0.4, -0.2) is 58.6 Å². The van der Waals surface area contributed by atoms with Crippen LogP contribution < -0.4 is 0 Å². The lowest BCUT2D eigenvalue weighted by Gasteiger charge is -2.36. The van der Waals surface area contributed by atoms with Gasteiger partial charge in [0.2, 0.25) is 9.47 Å². The van der Waals surface area contributed by atoms with Gasteiger partial charge >= 0.3 is 0 Å². The topological polar surface area (TPSA) is 49.3 Å². The third-order valence-electron chi connectivity index (χ3n) is 3.55. The van der Waals surface area contributed by atoms with Crippen LogP contribution in [0.4, 0.5) is 0 Å². The minimum absolute atomic E-state index is 0.0710. The van der Waals surface area contributed by atoms with Crippen LogP contribution in [-0.2, 0) is 0 Å². The Morgan fingerprint density at radius 3 is 2.68 bits per heavy atom. The molecule has 106 valence electrons. The fraction of sp³-hybridized carbons (Fsp3) is 0.750. The van der Waals surface area contributed by atoms with Crippen LogP contribution in [0.3, 0.4) is 0 Å². The van der Waals surface area contributed by atoms with E-state index < -0.39 is 0 Å². The molecule has 0 aromatic carbocycles. The Balaban J connectivity index is 1.90. The molecular weight excluding hydrogens is 284 g/mol. The summed E-state index contributed by atoms with van der Waals surface area (Å²) in [5, 5.41) is 7.87. The van der Waals surface area contributed by atoms with Crippen molar-refractivity contribution in [2.75, 3.05) is 26.7 Å². The average Bonchev–Trinajstić information content (AvgIpc) is 2.85. The molecule has 19 heavy (non-hydrogen) atoms. The molecule has 0 radical (unpaired) electrons. The minimum atomic E-state index is -0.0710. The van der Waals surface area contributed by atoms with Gasteiger partial charge in [-0.1, -0.05) is 18.3 Å². The molecule has 1 saturated heterocycles. The van der Waals surface area contributed by atoms with Gasteiger partial charge < -0.3 is 9.80 Å². The highest BCUT2D eigenvalue weighted by Gasteiger charge is 2.27. The van der Waals surface area contributed by atoms with Crippen molar-refractivity contribution in [3.8, 4) is 0 Å². The van der Waals surface area contributed by atoms with Crippen molar-refractivity contribution < 1.29 is 4.79 Å². The van der Waals surface area contributed by atoms with Crippen LogP contribution in [0, 0.1) is 0 Å². The number of hydrogen-bond acceptors (Lipinski definition) is 5. The molecular formula is C12H19ClN4OS. The Kier molecular flexibility index (Phi) is 5.13. The number of aromatic nitrogens is 2. The Hall–Kier alpha value is -0.720. The van der Waals surface area contributed by atoms with Gasteiger partial charge in [-0.2, -0.15) is 0 Å². The largest absolute Gasteiger partial charge is 0.337 e. The number of carbonyl (C=O) groups is 1. The van der Waals surface area contributed by atoms with Gasteiger partial charge in [0, 0.05) is 26.2 Å². The number of amides is 1. The maximum Gasteiger partial charge on any atom is 0.284 e. The lowest BCUT2D eigenvalue weighted by Crippen LogP contribution is -2.45. The van der Waals surface area contributed by atoms with Crippen molar-refractivity contribution in [1.29, 1.82) is 0 Å². The molecule has 0 saturated carbocycles. The third-order valence-corrected chi connectivity index (χ3v) is 4.56. The lowest BCUT2D eigenvalue weighted by atomic mass is 10.0. The van der Waals surface area contributed by atoms with E-state index >= 15 is 0 Å². The second-order valence-electron chi connectivity index (χ2n) is 4.85. The van der Waals surface area contributed by atoms with E-state index in [9.17, 15) is 4.79 Å². The number of piperidine rings is 1. The van der Waals surface area contributed by atoms with E-state index in [0.29, 0.717) is 15.5 Å². The van der Waals surface area contributed by atoms with Crippen LogP contribution in [0.15, 0.2) is 0 Å². The zero-order valence-corrected chi connectivity index (χ0v) is 12.9. The van der Waals surface area contributed by atoms with Gasteiger partial charge in [-0.15, -0.1) is 10.2 Å². The number of halogens is 1. The van der Waals surface area contributed by atoms with Crippen molar-refractivity contribution in [2.45, 2.75) is 32.2 Å². The van der Waals surface area contributed by atoms with Gasteiger partial charge in [0.1, 0.15) is 0 Å². The van der Waals surface area contributed by atoms with Crippen molar-refractivity contribution in [1.82, 2.24) is 20.0 Å². The summed E-state index contributed by atoms with van der Waals surface area (Å²) in [4.78, 5) is 16.5. The van der Waals surface area contributed by atoms with Gasteiger partial charge in [0.15, 0.2) is 0 Å². The fourth-order valence-electron chi connectivity index (χ4n) is 2.45. The van der Waals surface area contributed by atoms with E-state index in [1.54, 1.807) is 4.90 Å². The van der Waals surface area contributed by atoms with Crippen LogP contribution in [0.25, 0.3) is 0 Å². The highest BCUT2D eigenvalue weighted by atomic mass is 35.5. The number of rotatable bonds is 4. The molecule has 2 rings (SSSR count). The third kappa shape index (κ3) is 3.64. The van der Waals surface area contributed by atoms with Gasteiger partial charge in [0.05, 0.1) is 0 Å². The first-order valence-corrected chi connectivity index (χ1v) is 7.79. The summed E-state index contributed by atoms with van der Waals surface area (Å²) in [5.74, 6) is -0.0710. The zero-order valence-electron chi connectivity index (χ0n) is 11.3. The fourth-order valence-corrected chi connectivity index (χ4v) is 3.27. The van der Waals surface area contributed by atoms with E-state index in [-0.39, 0.29) is 5.91 Å². The number of hydrogen-bond donors (Lipinski definition) is 0. The van der Waals surface area contributed by atoms with Crippen molar-refractivity contribution in [2.24, 2.45) is 0 Å². The van der Waals surface area contributed by atoms with Gasteiger partial charge in [-0.3, -0.25) is 4.79 Å². The van der Waals surface area contributed by atoms with E-state index in [2.05, 4.69) is 22.0 Å². The molecule has 0 bridgehead atoms. The van der Waals surface area contributed by atoms with Crippen molar-refractivity contribution in [3.05, 3.63) is 9.47 Å². The molecule has 1 aliphatic heterocycles. The molecule has 1 aliphatic rings. The number of carbonyl (C=O) groups excluding carboxylic acids is 1. The summed E-state index contributed by atoms with van der Waals surface area (Å²) >= 11 is 6.85.